The lowest BCUT2D eigenvalue weighted by atomic mass is 10.1. The normalized spacial score (nSPS) is 17.9. The fourth-order valence-corrected chi connectivity index (χ4v) is 4.60. The molecule has 0 aliphatic carbocycles. The second kappa shape index (κ2) is 7.55. The number of hydrogen-bond acceptors (Lipinski definition) is 6. The Labute approximate surface area is 162 Å². The molecule has 0 saturated carbocycles. The van der Waals surface area contributed by atoms with E-state index in [0.29, 0.717) is 34.4 Å². The average molecular weight is 410 g/mol. The monoisotopic (exact) mass is 409 g/mol. The number of fused-ring (bicyclic) bond motifs is 1. The number of carbonyl (C=O) groups excluding carboxylic acids is 2. The van der Waals surface area contributed by atoms with E-state index < -0.39 is 9.84 Å². The molecule has 146 valence electrons. The lowest BCUT2D eigenvalue weighted by molar-refractivity contribution is -0.128. The molecule has 2 aromatic rings. The summed E-state index contributed by atoms with van der Waals surface area (Å²) < 4.78 is 24.0. The number of carbonyl (C=O) groups is 2. The Kier molecular flexibility index (Phi) is 5.53. The number of benzene rings is 1. The summed E-state index contributed by atoms with van der Waals surface area (Å²) in [5.74, 6) is -0.0933. The Bertz CT molecular complexity index is 982. The van der Waals surface area contributed by atoms with Crippen molar-refractivity contribution in [2.75, 3.05) is 24.7 Å². The predicted octanol–water partition coefficient (Wildman–Crippen LogP) is 2.53. The summed E-state index contributed by atoms with van der Waals surface area (Å²) in [5, 5.41) is 3.19. The summed E-state index contributed by atoms with van der Waals surface area (Å²) in [5.41, 5.74) is 0.628. The quantitative estimate of drug-likeness (QED) is 0.791. The predicted molar refractivity (Wildman–Crippen MR) is 106 cm³/mol. The molecule has 1 atom stereocenters. The maximum absolute atomic E-state index is 12.5. The van der Waals surface area contributed by atoms with Crippen LogP contribution in [0.2, 0.25) is 0 Å². The molecule has 27 heavy (non-hydrogen) atoms. The van der Waals surface area contributed by atoms with Crippen LogP contribution < -0.4 is 5.32 Å². The van der Waals surface area contributed by atoms with Gasteiger partial charge in [-0.2, -0.15) is 0 Å². The van der Waals surface area contributed by atoms with Crippen molar-refractivity contribution in [3.05, 3.63) is 18.2 Å². The van der Waals surface area contributed by atoms with Gasteiger partial charge in [-0.25, -0.2) is 13.4 Å². The molecular weight excluding hydrogens is 386 g/mol. The van der Waals surface area contributed by atoms with Gasteiger partial charge in [0, 0.05) is 25.8 Å². The maximum atomic E-state index is 12.5. The zero-order valence-corrected chi connectivity index (χ0v) is 17.2. The fourth-order valence-electron chi connectivity index (χ4n) is 2.97. The van der Waals surface area contributed by atoms with Crippen molar-refractivity contribution >= 4 is 48.3 Å². The number of hydrogen-bond donors (Lipinski definition) is 1. The molecule has 1 unspecified atom stereocenters. The van der Waals surface area contributed by atoms with Crippen LogP contribution in [0, 0.1) is 11.8 Å². The third-order valence-corrected chi connectivity index (χ3v) is 6.62. The molecule has 2 heterocycles. The van der Waals surface area contributed by atoms with E-state index in [1.165, 1.54) is 17.4 Å². The van der Waals surface area contributed by atoms with Crippen LogP contribution in [0.3, 0.4) is 0 Å². The largest absolute Gasteiger partial charge is 0.342 e. The molecule has 1 fully saturated rings. The molecule has 2 amide bonds. The summed E-state index contributed by atoms with van der Waals surface area (Å²) in [4.78, 5) is 30.9. The lowest BCUT2D eigenvalue weighted by Crippen LogP contribution is -2.29. The summed E-state index contributed by atoms with van der Waals surface area (Å²) in [6, 6.07) is 4.70. The van der Waals surface area contributed by atoms with Crippen LogP contribution >= 0.6 is 11.3 Å². The van der Waals surface area contributed by atoms with Crippen molar-refractivity contribution in [1.82, 2.24) is 9.88 Å². The Morgan fingerprint density at radius 3 is 2.81 bits per heavy atom. The number of likely N-dealkylation sites (tertiary alicyclic amines) is 1. The fraction of sp³-hybridized carbons (Fsp3) is 0.500. The number of rotatable bonds is 6. The minimum atomic E-state index is -3.30. The SMILES string of the molecule is CC(C)CCN1CC(C(=O)Nc2nc3ccc(S(C)(=O)=O)cc3s2)CC1=O. The molecule has 7 nitrogen and oxygen atoms in total. The number of aromatic nitrogens is 1. The summed E-state index contributed by atoms with van der Waals surface area (Å²) in [6.07, 6.45) is 2.29. The third kappa shape index (κ3) is 4.65. The van der Waals surface area contributed by atoms with Gasteiger partial charge in [-0.15, -0.1) is 0 Å². The van der Waals surface area contributed by atoms with Gasteiger partial charge in [0.25, 0.3) is 0 Å². The van der Waals surface area contributed by atoms with Gasteiger partial charge >= 0.3 is 0 Å². The molecule has 0 spiro atoms. The molecule has 1 aromatic heterocycles. The van der Waals surface area contributed by atoms with Crippen LogP contribution in [0.25, 0.3) is 10.2 Å². The smallest absolute Gasteiger partial charge is 0.231 e. The van der Waals surface area contributed by atoms with Crippen molar-refractivity contribution in [3.63, 3.8) is 0 Å². The lowest BCUT2D eigenvalue weighted by Gasteiger charge is -2.17. The number of anilines is 1. The van der Waals surface area contributed by atoms with Crippen molar-refractivity contribution < 1.29 is 18.0 Å². The number of thiazole rings is 1. The van der Waals surface area contributed by atoms with E-state index in [-0.39, 0.29) is 29.0 Å². The van der Waals surface area contributed by atoms with Gasteiger partial charge in [-0.1, -0.05) is 25.2 Å². The van der Waals surface area contributed by atoms with E-state index in [1.54, 1.807) is 17.0 Å². The first-order valence-corrected chi connectivity index (χ1v) is 11.5. The van der Waals surface area contributed by atoms with Gasteiger partial charge in [-0.3, -0.25) is 9.59 Å². The van der Waals surface area contributed by atoms with Gasteiger partial charge in [0.05, 0.1) is 21.0 Å². The number of nitrogens with zero attached hydrogens (tertiary/aromatic N) is 2. The van der Waals surface area contributed by atoms with Crippen LogP contribution in [0.5, 0.6) is 0 Å². The summed E-state index contributed by atoms with van der Waals surface area (Å²) >= 11 is 1.22. The molecular formula is C18H23N3O4S2. The molecule has 1 N–H and O–H groups in total. The van der Waals surface area contributed by atoms with Crippen molar-refractivity contribution in [2.24, 2.45) is 11.8 Å². The van der Waals surface area contributed by atoms with Crippen LogP contribution in [0.15, 0.2) is 23.1 Å². The second-order valence-corrected chi connectivity index (χ2v) is 10.4. The molecule has 0 bridgehead atoms. The standard InChI is InChI=1S/C18H23N3O4S2/c1-11(2)6-7-21-10-12(8-16(21)22)17(23)20-18-19-14-5-4-13(27(3,24)25)9-15(14)26-18/h4-5,9,11-12H,6-8,10H2,1-3H3,(H,19,20,23). The van der Waals surface area contributed by atoms with Crippen LogP contribution in [0.1, 0.15) is 26.7 Å². The van der Waals surface area contributed by atoms with Gasteiger partial charge in [0.2, 0.25) is 11.8 Å². The van der Waals surface area contributed by atoms with Crippen LogP contribution in [-0.2, 0) is 19.4 Å². The first-order chi connectivity index (χ1) is 12.6. The van der Waals surface area contributed by atoms with E-state index >= 15 is 0 Å². The first kappa shape index (κ1) is 19.8. The average Bonchev–Trinajstić information content (AvgIpc) is 3.14. The number of amides is 2. The minimum Gasteiger partial charge on any atom is -0.342 e. The topological polar surface area (TPSA) is 96.4 Å². The highest BCUT2D eigenvalue weighted by Gasteiger charge is 2.34. The highest BCUT2D eigenvalue weighted by molar-refractivity contribution is 7.90. The Balaban J connectivity index is 1.68. The third-order valence-electron chi connectivity index (χ3n) is 4.58. The molecule has 0 radical (unpaired) electrons. The van der Waals surface area contributed by atoms with E-state index in [4.69, 9.17) is 0 Å². The van der Waals surface area contributed by atoms with Gasteiger partial charge < -0.3 is 10.2 Å². The highest BCUT2D eigenvalue weighted by Crippen LogP contribution is 2.29. The second-order valence-electron chi connectivity index (χ2n) is 7.33. The highest BCUT2D eigenvalue weighted by atomic mass is 32.2. The van der Waals surface area contributed by atoms with Gasteiger partial charge in [0.1, 0.15) is 0 Å². The van der Waals surface area contributed by atoms with Crippen LogP contribution in [-0.4, -0.2) is 49.5 Å². The Morgan fingerprint density at radius 2 is 2.15 bits per heavy atom. The summed E-state index contributed by atoms with van der Waals surface area (Å²) in [7, 11) is -3.30. The van der Waals surface area contributed by atoms with E-state index in [0.717, 1.165) is 12.7 Å². The van der Waals surface area contributed by atoms with Crippen molar-refractivity contribution in [2.45, 2.75) is 31.6 Å². The molecule has 9 heteroatoms. The van der Waals surface area contributed by atoms with Crippen LogP contribution in [0.4, 0.5) is 5.13 Å². The zero-order chi connectivity index (χ0) is 19.8. The Hall–Kier alpha value is -2.00. The molecule has 3 rings (SSSR count). The first-order valence-electron chi connectivity index (χ1n) is 8.83. The van der Waals surface area contributed by atoms with Gasteiger partial charge in [0.15, 0.2) is 15.0 Å². The van der Waals surface area contributed by atoms with E-state index in [1.807, 2.05) is 0 Å². The van der Waals surface area contributed by atoms with Crippen molar-refractivity contribution in [3.8, 4) is 0 Å². The molecule has 1 saturated heterocycles. The van der Waals surface area contributed by atoms with Gasteiger partial charge in [-0.05, 0) is 30.5 Å². The van der Waals surface area contributed by atoms with E-state index in [2.05, 4.69) is 24.1 Å². The molecule has 1 aliphatic heterocycles. The Morgan fingerprint density at radius 1 is 1.41 bits per heavy atom. The summed E-state index contributed by atoms with van der Waals surface area (Å²) in [6.45, 7) is 5.32. The zero-order valence-electron chi connectivity index (χ0n) is 15.6. The van der Waals surface area contributed by atoms with E-state index in [9.17, 15) is 18.0 Å². The number of sulfone groups is 1. The molecule has 1 aliphatic rings. The maximum Gasteiger partial charge on any atom is 0.231 e. The van der Waals surface area contributed by atoms with Crippen molar-refractivity contribution in [1.29, 1.82) is 0 Å². The minimum absolute atomic E-state index is 0.0119. The molecule has 1 aromatic carbocycles. The number of nitrogens with one attached hydrogen (secondary N) is 1.